The predicted octanol–water partition coefficient (Wildman–Crippen LogP) is 7.82. The summed E-state index contributed by atoms with van der Waals surface area (Å²) in [7, 11) is 0. The van der Waals surface area contributed by atoms with Gasteiger partial charge in [-0.1, -0.05) is 125 Å². The van der Waals surface area contributed by atoms with Gasteiger partial charge >= 0.3 is 0 Å². The largest absolute Gasteiger partial charge is 0.299 e. The monoisotopic (exact) mass is 693 g/mol. The molecule has 1 radical (unpaired) electrons. The van der Waals surface area contributed by atoms with E-state index in [1.54, 1.807) is 0 Å². The summed E-state index contributed by atoms with van der Waals surface area (Å²) < 4.78 is 0. The van der Waals surface area contributed by atoms with Crippen LogP contribution < -0.4 is 0 Å². The normalized spacial score (nSPS) is 12.4. The quantitative estimate of drug-likeness (QED) is 0.263. The van der Waals surface area contributed by atoms with Crippen molar-refractivity contribution in [3.63, 3.8) is 0 Å². The molecule has 0 aliphatic rings. The third-order valence-corrected chi connectivity index (χ3v) is 5.98. The minimum atomic E-state index is -0.402. The summed E-state index contributed by atoms with van der Waals surface area (Å²) in [5, 5.41) is 0. The number of hydrogen-bond acceptors (Lipinski definition) is 6. The Kier molecular flexibility index (Phi) is 19.5. The zero-order valence-electron chi connectivity index (χ0n) is 29.1. The van der Waals surface area contributed by atoms with Crippen molar-refractivity contribution in [1.82, 2.24) is 0 Å². The summed E-state index contributed by atoms with van der Waals surface area (Å²) in [4.78, 5) is 69.0. The van der Waals surface area contributed by atoms with Crippen LogP contribution in [0.4, 0.5) is 0 Å². The molecule has 0 bridgehead atoms. The molecule has 0 aromatic carbocycles. The molecule has 0 atom stereocenters. The summed E-state index contributed by atoms with van der Waals surface area (Å²) in [6.45, 7) is 33.1. The van der Waals surface area contributed by atoms with E-state index in [9.17, 15) is 28.8 Å². The molecular weight excluding hydrogens is 633 g/mol. The van der Waals surface area contributed by atoms with Gasteiger partial charge in [-0.15, -0.1) is 0 Å². The second-order valence-electron chi connectivity index (χ2n) is 16.6. The zero-order chi connectivity index (χ0) is 32.6. The van der Waals surface area contributed by atoms with Crippen LogP contribution in [0.1, 0.15) is 144 Å². The van der Waals surface area contributed by atoms with Gasteiger partial charge in [0.05, 0.1) is 19.3 Å². The molecule has 0 amide bonds. The minimum Gasteiger partial charge on any atom is -0.299 e. The fourth-order valence-corrected chi connectivity index (χ4v) is 2.03. The van der Waals surface area contributed by atoms with Crippen LogP contribution in [0.3, 0.4) is 0 Å². The third-order valence-electron chi connectivity index (χ3n) is 5.98. The van der Waals surface area contributed by atoms with E-state index in [2.05, 4.69) is 0 Å². The Labute approximate surface area is 279 Å². The Balaban J connectivity index is -0.000000240. The molecule has 0 saturated heterocycles. The molecule has 7 heteroatoms. The van der Waals surface area contributed by atoms with E-state index in [4.69, 9.17) is 0 Å². The van der Waals surface area contributed by atoms with Crippen molar-refractivity contribution < 1.29 is 70.1 Å². The Morgan fingerprint density at radius 1 is 0.275 bits per heavy atom. The first-order valence-electron chi connectivity index (χ1n) is 13.8. The molecule has 0 aromatic rings. The van der Waals surface area contributed by atoms with Gasteiger partial charge in [0.15, 0.2) is 0 Å². The van der Waals surface area contributed by atoms with Crippen molar-refractivity contribution in [1.29, 1.82) is 0 Å². The van der Waals surface area contributed by atoms with E-state index in [0.717, 1.165) is 0 Å². The predicted molar refractivity (Wildman–Crippen MR) is 161 cm³/mol. The summed E-state index contributed by atoms with van der Waals surface area (Å²) in [6, 6.07) is 0. The Hall–Kier alpha value is -0.616. The van der Waals surface area contributed by atoms with Crippen LogP contribution in [-0.4, -0.2) is 34.7 Å². The van der Waals surface area contributed by atoms with E-state index in [-0.39, 0.29) is 95.3 Å². The number of carbonyl (C=O) groups is 6. The van der Waals surface area contributed by atoms with E-state index >= 15 is 0 Å². The molecular formula is C33H60O6Pr. The topological polar surface area (TPSA) is 102 Å². The Morgan fingerprint density at radius 2 is 0.350 bits per heavy atom. The van der Waals surface area contributed by atoms with Crippen molar-refractivity contribution in [3.8, 4) is 0 Å². The first kappa shape index (κ1) is 46.3. The van der Waals surface area contributed by atoms with Gasteiger partial charge in [-0.05, 0) is 0 Å². The van der Waals surface area contributed by atoms with Crippen molar-refractivity contribution in [2.75, 3.05) is 0 Å². The molecule has 0 fully saturated rings. The van der Waals surface area contributed by atoms with E-state index < -0.39 is 32.5 Å². The maximum absolute atomic E-state index is 11.5. The molecule has 0 aliphatic heterocycles. The van der Waals surface area contributed by atoms with Crippen LogP contribution in [0, 0.1) is 73.8 Å². The molecule has 0 aromatic heterocycles. The van der Waals surface area contributed by atoms with Crippen LogP contribution in [0.25, 0.3) is 0 Å². The fourth-order valence-electron chi connectivity index (χ4n) is 2.03. The standard InChI is InChI=1S/3C11H20O2.Pr/c3*1-10(2,3)8(12)7-9(13)11(4,5)6;/h3*7H2,1-6H3;. The smallest absolute Gasteiger partial charge is 0.145 e. The van der Waals surface area contributed by atoms with Crippen LogP contribution in [0.2, 0.25) is 0 Å². The zero-order valence-corrected chi connectivity index (χ0v) is 32.9. The second-order valence-corrected chi connectivity index (χ2v) is 16.6. The summed E-state index contributed by atoms with van der Waals surface area (Å²) in [5.41, 5.74) is -2.41. The molecule has 40 heavy (non-hydrogen) atoms. The van der Waals surface area contributed by atoms with Gasteiger partial charge in [0.25, 0.3) is 0 Å². The molecule has 0 saturated carbocycles. The summed E-state index contributed by atoms with van der Waals surface area (Å²) >= 11 is 0. The Bertz CT molecular complexity index is 693. The molecule has 0 rings (SSSR count). The summed E-state index contributed by atoms with van der Waals surface area (Å²) in [5.74, 6) is 0.125. The summed E-state index contributed by atoms with van der Waals surface area (Å²) in [6.07, 6.45) is 0.187. The van der Waals surface area contributed by atoms with E-state index in [1.165, 1.54) is 0 Å². The number of carbonyl (C=O) groups excluding carboxylic acids is 6. The van der Waals surface area contributed by atoms with Crippen LogP contribution in [0.5, 0.6) is 0 Å². The van der Waals surface area contributed by atoms with Gasteiger partial charge in [0.1, 0.15) is 34.7 Å². The van der Waals surface area contributed by atoms with Gasteiger partial charge in [-0.25, -0.2) is 0 Å². The van der Waals surface area contributed by atoms with Gasteiger partial charge in [-0.2, -0.15) is 0 Å². The number of Topliss-reactive ketones (excluding diaryl/α,β-unsaturated/α-hetero) is 6. The molecule has 231 valence electrons. The van der Waals surface area contributed by atoms with Gasteiger partial charge in [0.2, 0.25) is 0 Å². The molecule has 0 spiro atoms. The SMILES string of the molecule is CC(C)(C)C(=O)CC(=O)C(C)(C)C.CC(C)(C)C(=O)CC(=O)C(C)(C)C.CC(C)(C)C(=O)CC(=O)C(C)(C)C.[Pr]. The van der Waals surface area contributed by atoms with Crippen molar-refractivity contribution in [2.24, 2.45) is 32.5 Å². The van der Waals surface area contributed by atoms with Gasteiger partial charge in [0, 0.05) is 73.8 Å². The van der Waals surface area contributed by atoms with Crippen molar-refractivity contribution >= 4 is 34.7 Å². The Morgan fingerprint density at radius 3 is 0.400 bits per heavy atom. The molecule has 6 nitrogen and oxygen atoms in total. The van der Waals surface area contributed by atoms with Crippen LogP contribution in [0.15, 0.2) is 0 Å². The van der Waals surface area contributed by atoms with Crippen molar-refractivity contribution in [3.05, 3.63) is 0 Å². The van der Waals surface area contributed by atoms with Gasteiger partial charge < -0.3 is 0 Å². The molecule has 0 N–H and O–H groups in total. The first-order chi connectivity index (χ1) is 16.6. The van der Waals surface area contributed by atoms with Gasteiger partial charge in [-0.3, -0.25) is 28.8 Å². The average Bonchev–Trinajstić information content (AvgIpc) is 2.64. The van der Waals surface area contributed by atoms with Crippen LogP contribution in [-0.2, 0) is 28.8 Å². The van der Waals surface area contributed by atoms with E-state index in [0.29, 0.717) is 0 Å². The number of ketones is 6. The van der Waals surface area contributed by atoms with Crippen molar-refractivity contribution in [2.45, 2.75) is 144 Å². The average molecular weight is 694 g/mol. The second kappa shape index (κ2) is 16.9. The maximum atomic E-state index is 11.5. The molecule has 0 heterocycles. The maximum Gasteiger partial charge on any atom is 0.145 e. The van der Waals surface area contributed by atoms with Crippen LogP contribution >= 0.6 is 0 Å². The minimum absolute atomic E-state index is 0. The molecule has 0 aliphatic carbocycles. The fraction of sp³-hybridized carbons (Fsp3) is 0.818. The third kappa shape index (κ3) is 22.0. The number of rotatable bonds is 6. The molecule has 0 unspecified atom stereocenters. The van der Waals surface area contributed by atoms with E-state index in [1.807, 2.05) is 125 Å². The first-order valence-corrected chi connectivity index (χ1v) is 13.8. The number of hydrogen-bond donors (Lipinski definition) is 0.